The second-order valence-corrected chi connectivity index (χ2v) is 4.12. The summed E-state index contributed by atoms with van der Waals surface area (Å²) in [4.78, 5) is 1.47. The lowest BCUT2D eigenvalue weighted by atomic mass is 10.2. The van der Waals surface area contributed by atoms with Crippen molar-refractivity contribution in [3.63, 3.8) is 0 Å². The van der Waals surface area contributed by atoms with E-state index in [0.29, 0.717) is 6.54 Å². The molecule has 15 heavy (non-hydrogen) atoms. The van der Waals surface area contributed by atoms with Crippen molar-refractivity contribution >= 4 is 11.3 Å². The molecule has 2 heterocycles. The molecule has 80 valence electrons. The molecule has 0 aliphatic carbocycles. The van der Waals surface area contributed by atoms with E-state index in [-0.39, 0.29) is 0 Å². The van der Waals surface area contributed by atoms with Gasteiger partial charge in [-0.3, -0.25) is 0 Å². The molecule has 0 saturated carbocycles. The lowest BCUT2D eigenvalue weighted by molar-refractivity contribution is 0.619. The zero-order valence-corrected chi connectivity index (χ0v) is 9.58. The van der Waals surface area contributed by atoms with E-state index in [9.17, 15) is 0 Å². The van der Waals surface area contributed by atoms with E-state index < -0.39 is 0 Å². The molecule has 0 bridgehead atoms. The Balaban J connectivity index is 1.83. The van der Waals surface area contributed by atoms with E-state index in [1.54, 1.807) is 18.4 Å². The van der Waals surface area contributed by atoms with Crippen molar-refractivity contribution in [2.24, 2.45) is 7.05 Å². The van der Waals surface area contributed by atoms with Crippen LogP contribution in [0.4, 0.5) is 0 Å². The van der Waals surface area contributed by atoms with Crippen LogP contribution in [0.15, 0.2) is 10.8 Å². The van der Waals surface area contributed by atoms with E-state index in [4.69, 9.17) is 0 Å². The maximum Gasteiger partial charge on any atom is 0.188 e. The standard InChI is InChI=1S/C9H13N5S/c1-7-5-15-6-8(7)3-10-4-9-11-13-14(2)12-9/h5-6,10H,3-4H2,1-2H3. The number of tetrazole rings is 1. The Labute approximate surface area is 92.1 Å². The summed E-state index contributed by atoms with van der Waals surface area (Å²) in [7, 11) is 1.76. The highest BCUT2D eigenvalue weighted by Crippen LogP contribution is 2.12. The van der Waals surface area contributed by atoms with Gasteiger partial charge in [-0.05, 0) is 34.0 Å². The Morgan fingerprint density at radius 3 is 2.87 bits per heavy atom. The molecule has 2 aromatic rings. The van der Waals surface area contributed by atoms with Crippen molar-refractivity contribution in [3.8, 4) is 0 Å². The number of hydrogen-bond donors (Lipinski definition) is 1. The Bertz CT molecular complexity index is 433. The first-order valence-corrected chi connectivity index (χ1v) is 5.65. The second-order valence-electron chi connectivity index (χ2n) is 3.38. The predicted molar refractivity (Wildman–Crippen MR) is 58.4 cm³/mol. The van der Waals surface area contributed by atoms with Crippen molar-refractivity contribution in [3.05, 3.63) is 27.7 Å². The van der Waals surface area contributed by atoms with Gasteiger partial charge < -0.3 is 5.32 Å². The smallest absolute Gasteiger partial charge is 0.188 e. The number of aromatic nitrogens is 4. The van der Waals surface area contributed by atoms with Crippen molar-refractivity contribution in [1.82, 2.24) is 25.5 Å². The minimum absolute atomic E-state index is 0.656. The number of nitrogens with one attached hydrogen (secondary N) is 1. The summed E-state index contributed by atoms with van der Waals surface area (Å²) in [5, 5.41) is 19.3. The highest BCUT2D eigenvalue weighted by Gasteiger charge is 2.01. The quantitative estimate of drug-likeness (QED) is 0.835. The third-order valence-electron chi connectivity index (χ3n) is 2.11. The molecular formula is C9H13N5S. The minimum Gasteiger partial charge on any atom is -0.306 e. The third-order valence-corrected chi connectivity index (χ3v) is 3.02. The Morgan fingerprint density at radius 2 is 2.27 bits per heavy atom. The fourth-order valence-corrected chi connectivity index (χ4v) is 2.13. The second kappa shape index (κ2) is 4.50. The summed E-state index contributed by atoms with van der Waals surface area (Å²) in [6.07, 6.45) is 0. The van der Waals surface area contributed by atoms with E-state index in [1.807, 2.05) is 0 Å². The maximum atomic E-state index is 4.09. The van der Waals surface area contributed by atoms with Crippen LogP contribution in [0.1, 0.15) is 17.0 Å². The van der Waals surface area contributed by atoms with Gasteiger partial charge >= 0.3 is 0 Å². The fourth-order valence-electron chi connectivity index (χ4n) is 1.27. The van der Waals surface area contributed by atoms with Crippen molar-refractivity contribution in [1.29, 1.82) is 0 Å². The Hall–Kier alpha value is -1.27. The van der Waals surface area contributed by atoms with Crippen LogP contribution in [-0.4, -0.2) is 20.2 Å². The first-order chi connectivity index (χ1) is 7.25. The van der Waals surface area contributed by atoms with Crippen LogP contribution in [0.2, 0.25) is 0 Å². The van der Waals surface area contributed by atoms with Gasteiger partial charge in [0.25, 0.3) is 0 Å². The molecule has 0 aliphatic heterocycles. The van der Waals surface area contributed by atoms with Gasteiger partial charge in [0, 0.05) is 6.54 Å². The predicted octanol–water partition coefficient (Wildman–Crippen LogP) is 0.870. The first kappa shape index (κ1) is 10.3. The van der Waals surface area contributed by atoms with Gasteiger partial charge in [0.1, 0.15) is 0 Å². The summed E-state index contributed by atoms with van der Waals surface area (Å²) >= 11 is 1.73. The van der Waals surface area contributed by atoms with Crippen molar-refractivity contribution < 1.29 is 0 Å². The maximum absolute atomic E-state index is 4.09. The zero-order chi connectivity index (χ0) is 10.7. The molecule has 0 radical (unpaired) electrons. The third kappa shape index (κ3) is 2.60. The Kier molecular flexibility index (Phi) is 3.08. The number of nitrogens with zero attached hydrogens (tertiary/aromatic N) is 4. The van der Waals surface area contributed by atoms with Gasteiger partial charge in [0.15, 0.2) is 5.82 Å². The molecule has 0 spiro atoms. The molecule has 0 unspecified atom stereocenters. The number of hydrogen-bond acceptors (Lipinski definition) is 5. The molecule has 2 rings (SSSR count). The van der Waals surface area contributed by atoms with Gasteiger partial charge in [0.2, 0.25) is 0 Å². The van der Waals surface area contributed by atoms with Crippen LogP contribution in [0, 0.1) is 6.92 Å². The first-order valence-electron chi connectivity index (χ1n) is 4.71. The van der Waals surface area contributed by atoms with Crippen LogP contribution in [0.3, 0.4) is 0 Å². The summed E-state index contributed by atoms with van der Waals surface area (Å²) < 4.78 is 0. The summed E-state index contributed by atoms with van der Waals surface area (Å²) in [6, 6.07) is 0. The SMILES string of the molecule is Cc1cscc1CNCc1nnn(C)n1. The van der Waals surface area contributed by atoms with Gasteiger partial charge in [-0.1, -0.05) is 0 Å². The van der Waals surface area contributed by atoms with E-state index in [2.05, 4.69) is 38.4 Å². The topological polar surface area (TPSA) is 55.6 Å². The Morgan fingerprint density at radius 1 is 1.40 bits per heavy atom. The minimum atomic E-state index is 0.656. The average Bonchev–Trinajstić information content (AvgIpc) is 2.77. The van der Waals surface area contributed by atoms with Crippen LogP contribution in [0.5, 0.6) is 0 Å². The number of thiophene rings is 1. The van der Waals surface area contributed by atoms with Crippen molar-refractivity contribution in [2.75, 3.05) is 0 Å². The number of rotatable bonds is 4. The van der Waals surface area contributed by atoms with E-state index in [0.717, 1.165) is 12.4 Å². The molecule has 0 aliphatic rings. The molecule has 1 N–H and O–H groups in total. The highest BCUT2D eigenvalue weighted by molar-refractivity contribution is 7.08. The molecule has 6 heteroatoms. The zero-order valence-electron chi connectivity index (χ0n) is 8.77. The lowest BCUT2D eigenvalue weighted by Gasteiger charge is -2.00. The molecule has 0 fully saturated rings. The van der Waals surface area contributed by atoms with Gasteiger partial charge in [-0.25, -0.2) is 0 Å². The van der Waals surface area contributed by atoms with Crippen LogP contribution >= 0.6 is 11.3 Å². The summed E-state index contributed by atoms with van der Waals surface area (Å²) in [5.74, 6) is 0.727. The largest absolute Gasteiger partial charge is 0.306 e. The highest BCUT2D eigenvalue weighted by atomic mass is 32.1. The summed E-state index contributed by atoms with van der Waals surface area (Å²) in [6.45, 7) is 3.63. The van der Waals surface area contributed by atoms with E-state index >= 15 is 0 Å². The monoisotopic (exact) mass is 223 g/mol. The molecule has 0 amide bonds. The van der Waals surface area contributed by atoms with Crippen molar-refractivity contribution in [2.45, 2.75) is 20.0 Å². The van der Waals surface area contributed by atoms with Crippen LogP contribution < -0.4 is 5.32 Å². The van der Waals surface area contributed by atoms with E-state index in [1.165, 1.54) is 15.9 Å². The normalized spacial score (nSPS) is 10.8. The fraction of sp³-hybridized carbons (Fsp3) is 0.444. The average molecular weight is 223 g/mol. The molecule has 0 atom stereocenters. The van der Waals surface area contributed by atoms with Gasteiger partial charge in [-0.2, -0.15) is 16.1 Å². The van der Waals surface area contributed by atoms with Crippen LogP contribution in [0.25, 0.3) is 0 Å². The van der Waals surface area contributed by atoms with Gasteiger partial charge in [-0.15, -0.1) is 10.2 Å². The lowest BCUT2D eigenvalue weighted by Crippen LogP contribution is -2.14. The molecular weight excluding hydrogens is 210 g/mol. The summed E-state index contributed by atoms with van der Waals surface area (Å²) in [5.41, 5.74) is 2.67. The molecule has 2 aromatic heterocycles. The molecule has 0 saturated heterocycles. The molecule has 5 nitrogen and oxygen atoms in total. The number of aryl methyl sites for hydroxylation is 2. The van der Waals surface area contributed by atoms with Gasteiger partial charge in [0.05, 0.1) is 13.6 Å². The van der Waals surface area contributed by atoms with Crippen LogP contribution in [-0.2, 0) is 20.1 Å². The molecule has 0 aromatic carbocycles.